The Balaban J connectivity index is 1.93. The van der Waals surface area contributed by atoms with Crippen LogP contribution in [0.4, 0.5) is 0 Å². The molecule has 1 aromatic rings. The van der Waals surface area contributed by atoms with Crippen LogP contribution in [-0.4, -0.2) is 20.1 Å². The molecule has 108 valence electrons. The van der Waals surface area contributed by atoms with E-state index in [1.807, 2.05) is 4.68 Å². The highest BCUT2D eigenvalue weighted by molar-refractivity contribution is 5.01. The minimum absolute atomic E-state index is 0.385. The summed E-state index contributed by atoms with van der Waals surface area (Å²) in [4.78, 5) is 0. The van der Waals surface area contributed by atoms with Crippen molar-refractivity contribution in [2.75, 3.05) is 0 Å². The molecule has 1 saturated carbocycles. The van der Waals surface area contributed by atoms with Crippen molar-refractivity contribution in [2.24, 2.45) is 11.8 Å². The number of aryl methyl sites for hydroxylation is 1. The van der Waals surface area contributed by atoms with Crippen LogP contribution in [-0.2, 0) is 6.54 Å². The fraction of sp³-hybridized carbons (Fsp3) is 0.867. The van der Waals surface area contributed by atoms with Crippen LogP contribution in [0.15, 0.2) is 6.20 Å². The van der Waals surface area contributed by atoms with Gasteiger partial charge in [-0.25, -0.2) is 4.68 Å². The molecular formula is C15H27N3O. The lowest BCUT2D eigenvalue weighted by Crippen LogP contribution is -2.22. The van der Waals surface area contributed by atoms with E-state index in [2.05, 4.69) is 24.2 Å². The number of aromatic nitrogens is 3. The van der Waals surface area contributed by atoms with Gasteiger partial charge in [-0.2, -0.15) is 0 Å². The van der Waals surface area contributed by atoms with Gasteiger partial charge in [-0.15, -0.1) is 5.10 Å². The van der Waals surface area contributed by atoms with Gasteiger partial charge in [0.15, 0.2) is 0 Å². The molecule has 0 aliphatic heterocycles. The number of hydrogen-bond acceptors (Lipinski definition) is 3. The van der Waals surface area contributed by atoms with Gasteiger partial charge in [0.05, 0.1) is 11.9 Å². The summed E-state index contributed by atoms with van der Waals surface area (Å²) in [5.41, 5.74) is 0.904. The van der Waals surface area contributed by atoms with E-state index in [9.17, 15) is 5.11 Å². The molecule has 19 heavy (non-hydrogen) atoms. The predicted octanol–water partition coefficient (Wildman–Crippen LogP) is 3.33. The van der Waals surface area contributed by atoms with E-state index in [1.165, 1.54) is 25.7 Å². The zero-order chi connectivity index (χ0) is 13.7. The van der Waals surface area contributed by atoms with Crippen molar-refractivity contribution in [2.45, 2.75) is 71.4 Å². The molecule has 0 amide bonds. The molecule has 0 aromatic carbocycles. The molecule has 1 heterocycles. The molecule has 0 bridgehead atoms. The first-order chi connectivity index (χ1) is 9.26. The third kappa shape index (κ3) is 3.56. The van der Waals surface area contributed by atoms with E-state index in [1.54, 1.807) is 6.20 Å². The minimum atomic E-state index is -0.385. The van der Waals surface area contributed by atoms with Crippen LogP contribution in [0.5, 0.6) is 0 Å². The van der Waals surface area contributed by atoms with Gasteiger partial charge < -0.3 is 5.11 Å². The second-order valence-corrected chi connectivity index (χ2v) is 5.90. The molecule has 1 fully saturated rings. The third-order valence-corrected chi connectivity index (χ3v) is 4.42. The summed E-state index contributed by atoms with van der Waals surface area (Å²) < 4.78 is 1.86. The maximum absolute atomic E-state index is 10.6. The van der Waals surface area contributed by atoms with Crippen molar-refractivity contribution in [3.05, 3.63) is 11.9 Å². The average molecular weight is 265 g/mol. The Kier molecular flexibility index (Phi) is 5.37. The molecule has 4 nitrogen and oxygen atoms in total. The summed E-state index contributed by atoms with van der Waals surface area (Å²) in [6.45, 7) is 5.22. The third-order valence-electron chi connectivity index (χ3n) is 4.42. The highest BCUT2D eigenvalue weighted by Gasteiger charge is 2.29. The van der Waals surface area contributed by atoms with Crippen LogP contribution in [0.3, 0.4) is 0 Å². The molecular weight excluding hydrogens is 238 g/mol. The van der Waals surface area contributed by atoms with Gasteiger partial charge in [0, 0.05) is 6.54 Å². The fourth-order valence-corrected chi connectivity index (χ4v) is 3.32. The van der Waals surface area contributed by atoms with Crippen LogP contribution in [0, 0.1) is 11.8 Å². The summed E-state index contributed by atoms with van der Waals surface area (Å²) in [6.07, 6.45) is 9.82. The summed E-state index contributed by atoms with van der Waals surface area (Å²) >= 11 is 0. The maximum atomic E-state index is 10.6. The normalized spacial score (nSPS) is 25.4. The van der Waals surface area contributed by atoms with E-state index in [0.717, 1.165) is 37.4 Å². The van der Waals surface area contributed by atoms with E-state index in [0.29, 0.717) is 5.92 Å². The number of aliphatic hydroxyl groups excluding tert-OH is 1. The molecule has 1 unspecified atom stereocenters. The second kappa shape index (κ2) is 7.04. The fourth-order valence-electron chi connectivity index (χ4n) is 3.32. The Morgan fingerprint density at radius 1 is 1.26 bits per heavy atom. The summed E-state index contributed by atoms with van der Waals surface area (Å²) in [6, 6.07) is 0. The van der Waals surface area contributed by atoms with E-state index >= 15 is 0 Å². The van der Waals surface area contributed by atoms with Gasteiger partial charge in [0.2, 0.25) is 0 Å². The number of aliphatic hydroxyl groups is 1. The van der Waals surface area contributed by atoms with Crippen LogP contribution < -0.4 is 0 Å². The lowest BCUT2D eigenvalue weighted by atomic mass is 9.77. The van der Waals surface area contributed by atoms with Gasteiger partial charge in [-0.05, 0) is 31.1 Å². The molecule has 0 spiro atoms. The smallest absolute Gasteiger partial charge is 0.100 e. The molecule has 1 aromatic heterocycles. The average Bonchev–Trinajstić information content (AvgIpc) is 2.88. The highest BCUT2D eigenvalue weighted by atomic mass is 16.3. The Morgan fingerprint density at radius 3 is 2.63 bits per heavy atom. The first kappa shape index (κ1) is 14.5. The zero-order valence-electron chi connectivity index (χ0n) is 12.3. The lowest BCUT2D eigenvalue weighted by molar-refractivity contribution is 0.0649. The Labute approximate surface area is 116 Å². The first-order valence-corrected chi connectivity index (χ1v) is 7.82. The summed E-state index contributed by atoms with van der Waals surface area (Å²) in [7, 11) is 0. The Hall–Kier alpha value is -0.900. The Morgan fingerprint density at radius 2 is 2.00 bits per heavy atom. The largest absolute Gasteiger partial charge is 0.386 e. The molecule has 2 rings (SSSR count). The highest BCUT2D eigenvalue weighted by Crippen LogP contribution is 2.38. The predicted molar refractivity (Wildman–Crippen MR) is 75.6 cm³/mol. The standard InChI is InChI=1S/C15H27N3O/c1-3-5-12-6-8-13(9-7-12)15(19)14-11-16-17-18(14)10-4-2/h11-13,15,19H,3-10H2,1-2H3. The maximum Gasteiger partial charge on any atom is 0.100 e. The van der Waals surface area contributed by atoms with E-state index in [4.69, 9.17) is 0 Å². The van der Waals surface area contributed by atoms with Gasteiger partial charge in [-0.3, -0.25) is 0 Å². The van der Waals surface area contributed by atoms with Crippen molar-refractivity contribution >= 4 is 0 Å². The number of rotatable bonds is 6. The van der Waals surface area contributed by atoms with Crippen molar-refractivity contribution in [1.29, 1.82) is 0 Å². The van der Waals surface area contributed by atoms with Crippen molar-refractivity contribution < 1.29 is 5.11 Å². The lowest BCUT2D eigenvalue weighted by Gasteiger charge is -2.31. The van der Waals surface area contributed by atoms with Crippen LogP contribution in [0.2, 0.25) is 0 Å². The minimum Gasteiger partial charge on any atom is -0.386 e. The van der Waals surface area contributed by atoms with Gasteiger partial charge in [-0.1, -0.05) is 44.7 Å². The molecule has 4 heteroatoms. The SMILES string of the molecule is CCCC1CCC(C(O)c2cnnn2CCC)CC1. The number of hydrogen-bond donors (Lipinski definition) is 1. The molecule has 0 saturated heterocycles. The van der Waals surface area contributed by atoms with Crippen LogP contribution >= 0.6 is 0 Å². The second-order valence-electron chi connectivity index (χ2n) is 5.90. The number of nitrogens with zero attached hydrogens (tertiary/aromatic N) is 3. The quantitative estimate of drug-likeness (QED) is 0.858. The van der Waals surface area contributed by atoms with E-state index < -0.39 is 0 Å². The molecule has 1 aliphatic rings. The van der Waals surface area contributed by atoms with Gasteiger partial charge >= 0.3 is 0 Å². The molecule has 1 atom stereocenters. The van der Waals surface area contributed by atoms with E-state index in [-0.39, 0.29) is 6.10 Å². The summed E-state index contributed by atoms with van der Waals surface area (Å²) in [5.74, 6) is 1.27. The molecule has 1 N–H and O–H groups in total. The molecule has 0 radical (unpaired) electrons. The van der Waals surface area contributed by atoms with Crippen LogP contribution in [0.25, 0.3) is 0 Å². The first-order valence-electron chi connectivity index (χ1n) is 7.82. The summed E-state index contributed by atoms with van der Waals surface area (Å²) in [5, 5.41) is 18.6. The Bertz CT molecular complexity index is 369. The monoisotopic (exact) mass is 265 g/mol. The van der Waals surface area contributed by atoms with Crippen molar-refractivity contribution in [3.63, 3.8) is 0 Å². The molecule has 1 aliphatic carbocycles. The van der Waals surface area contributed by atoms with Crippen molar-refractivity contribution in [3.8, 4) is 0 Å². The van der Waals surface area contributed by atoms with Crippen molar-refractivity contribution in [1.82, 2.24) is 15.0 Å². The topological polar surface area (TPSA) is 50.9 Å². The van der Waals surface area contributed by atoms with Gasteiger partial charge in [0.1, 0.15) is 6.10 Å². The zero-order valence-corrected chi connectivity index (χ0v) is 12.3. The van der Waals surface area contributed by atoms with Gasteiger partial charge in [0.25, 0.3) is 0 Å². The van der Waals surface area contributed by atoms with Crippen LogP contribution in [0.1, 0.15) is 70.6 Å².